The van der Waals surface area contributed by atoms with Crippen molar-refractivity contribution in [2.24, 2.45) is 0 Å². The zero-order valence-electron chi connectivity index (χ0n) is 11.6. The van der Waals surface area contributed by atoms with E-state index < -0.39 is 15.6 Å². The molecule has 0 bridgehead atoms. The highest BCUT2D eigenvalue weighted by molar-refractivity contribution is 9.10. The van der Waals surface area contributed by atoms with Crippen LogP contribution in [0.4, 0.5) is 0 Å². The maximum Gasteiger partial charge on any atom is 0.305 e. The monoisotopic (exact) mass is 363 g/mol. The molecule has 0 fully saturated rings. The molecule has 0 atom stereocenters. The van der Waals surface area contributed by atoms with Gasteiger partial charge in [-0.2, -0.15) is 0 Å². The van der Waals surface area contributed by atoms with Crippen LogP contribution in [0.15, 0.2) is 33.6 Å². The summed E-state index contributed by atoms with van der Waals surface area (Å²) >= 11 is 3.25. The number of hydrogen-bond donors (Lipinski definition) is 1. The minimum Gasteiger partial charge on any atom is -0.464 e. The van der Waals surface area contributed by atoms with Crippen molar-refractivity contribution in [3.8, 4) is 0 Å². The predicted octanol–water partition coefficient (Wildman–Crippen LogP) is 2.46. The summed E-state index contributed by atoms with van der Waals surface area (Å²) in [6.45, 7) is 4.98. The fraction of sp³-hybridized carbons (Fsp3) is 0.462. The van der Waals surface area contributed by atoms with Crippen molar-refractivity contribution in [1.82, 2.24) is 4.72 Å². The maximum absolute atomic E-state index is 12.2. The van der Waals surface area contributed by atoms with Gasteiger partial charge >= 0.3 is 5.97 Å². The summed E-state index contributed by atoms with van der Waals surface area (Å²) in [6.07, 6.45) is 0.259. The van der Waals surface area contributed by atoms with Gasteiger partial charge in [-0.15, -0.1) is 0 Å². The van der Waals surface area contributed by atoms with Gasteiger partial charge in [0.25, 0.3) is 0 Å². The second-order valence-corrected chi connectivity index (χ2v) is 7.56. The smallest absolute Gasteiger partial charge is 0.305 e. The Bertz CT molecular complexity index is 567. The molecule has 5 nitrogen and oxygen atoms in total. The number of carbonyl (C=O) groups is 1. The molecular weight excluding hydrogens is 346 g/mol. The predicted molar refractivity (Wildman–Crippen MR) is 79.8 cm³/mol. The highest BCUT2D eigenvalue weighted by atomic mass is 79.9. The van der Waals surface area contributed by atoms with E-state index in [0.717, 1.165) is 4.47 Å². The molecule has 0 radical (unpaired) electrons. The molecule has 0 unspecified atom stereocenters. The van der Waals surface area contributed by atoms with Crippen molar-refractivity contribution < 1.29 is 17.9 Å². The van der Waals surface area contributed by atoms with Gasteiger partial charge < -0.3 is 4.74 Å². The van der Waals surface area contributed by atoms with Crippen LogP contribution in [-0.4, -0.2) is 26.5 Å². The third-order valence-electron chi connectivity index (χ3n) is 2.42. The molecule has 0 spiro atoms. The molecule has 0 aliphatic carbocycles. The molecule has 1 N–H and O–H groups in total. The number of benzene rings is 1. The second kappa shape index (κ2) is 6.69. The molecule has 0 saturated carbocycles. The van der Waals surface area contributed by atoms with Crippen LogP contribution >= 0.6 is 15.9 Å². The molecule has 20 heavy (non-hydrogen) atoms. The largest absolute Gasteiger partial charge is 0.464 e. The van der Waals surface area contributed by atoms with Gasteiger partial charge in [-0.3, -0.25) is 4.79 Å². The third kappa shape index (κ3) is 5.22. The summed E-state index contributed by atoms with van der Waals surface area (Å²) in [7, 11) is -3.65. The molecule has 0 amide bonds. The zero-order valence-corrected chi connectivity index (χ0v) is 14.0. The Hall–Kier alpha value is -0.920. The van der Waals surface area contributed by atoms with Gasteiger partial charge in [0.05, 0.1) is 10.4 Å². The highest BCUT2D eigenvalue weighted by Crippen LogP contribution is 2.17. The minimum atomic E-state index is -3.65. The molecule has 1 aromatic carbocycles. The van der Waals surface area contributed by atoms with E-state index in [4.69, 9.17) is 4.74 Å². The first-order valence-electron chi connectivity index (χ1n) is 6.11. The lowest BCUT2D eigenvalue weighted by Crippen LogP contribution is -2.47. The third-order valence-corrected chi connectivity index (χ3v) is 4.66. The quantitative estimate of drug-likeness (QED) is 0.787. The van der Waals surface area contributed by atoms with E-state index >= 15 is 0 Å². The number of hydrogen-bond acceptors (Lipinski definition) is 4. The van der Waals surface area contributed by atoms with Crippen LogP contribution in [0.3, 0.4) is 0 Å². The fourth-order valence-electron chi connectivity index (χ4n) is 1.43. The average Bonchev–Trinajstić information content (AvgIpc) is 2.35. The lowest BCUT2D eigenvalue weighted by atomic mass is 10.1. The van der Waals surface area contributed by atoms with Gasteiger partial charge in [0.15, 0.2) is 0 Å². The summed E-state index contributed by atoms with van der Waals surface area (Å²) in [4.78, 5) is 11.3. The van der Waals surface area contributed by atoms with Crippen LogP contribution in [0, 0.1) is 0 Å². The lowest BCUT2D eigenvalue weighted by Gasteiger charge is -2.25. The molecule has 0 aliphatic rings. The van der Waals surface area contributed by atoms with Gasteiger partial charge in [0, 0.05) is 10.9 Å². The SMILES string of the molecule is CCC(=O)OCC(C)(C)NS(=O)(=O)c1ccc(Br)cc1. The van der Waals surface area contributed by atoms with Crippen LogP contribution in [0.25, 0.3) is 0 Å². The molecular formula is C13H18BrNO4S. The lowest BCUT2D eigenvalue weighted by molar-refractivity contribution is -0.144. The Morgan fingerprint density at radius 3 is 2.35 bits per heavy atom. The van der Waals surface area contributed by atoms with E-state index in [-0.39, 0.29) is 23.9 Å². The summed E-state index contributed by atoms with van der Waals surface area (Å²) in [5.41, 5.74) is -0.878. The molecule has 0 saturated heterocycles. The van der Waals surface area contributed by atoms with Crippen LogP contribution in [-0.2, 0) is 19.6 Å². The van der Waals surface area contributed by atoms with Crippen LogP contribution in [0.5, 0.6) is 0 Å². The van der Waals surface area contributed by atoms with Crippen molar-refractivity contribution in [3.63, 3.8) is 0 Å². The van der Waals surface area contributed by atoms with E-state index in [0.29, 0.717) is 0 Å². The molecule has 7 heteroatoms. The highest BCUT2D eigenvalue weighted by Gasteiger charge is 2.27. The summed E-state index contributed by atoms with van der Waals surface area (Å²) in [6, 6.07) is 6.30. The standard InChI is InChI=1S/C13H18BrNO4S/c1-4-12(16)19-9-13(2,3)15-20(17,18)11-7-5-10(14)6-8-11/h5-8,15H,4,9H2,1-3H3. The molecule has 0 aliphatic heterocycles. The van der Waals surface area contributed by atoms with Gasteiger partial charge in [-0.1, -0.05) is 22.9 Å². The van der Waals surface area contributed by atoms with Gasteiger partial charge in [0.2, 0.25) is 10.0 Å². The first-order chi connectivity index (χ1) is 9.16. The van der Waals surface area contributed by atoms with Crippen LogP contribution < -0.4 is 4.72 Å². The summed E-state index contributed by atoms with van der Waals surface area (Å²) in [5, 5.41) is 0. The number of ether oxygens (including phenoxy) is 1. The van der Waals surface area contributed by atoms with Gasteiger partial charge in [-0.25, -0.2) is 13.1 Å². The van der Waals surface area contributed by atoms with E-state index in [1.54, 1.807) is 32.9 Å². The summed E-state index contributed by atoms with van der Waals surface area (Å²) < 4.78 is 32.7. The van der Waals surface area contributed by atoms with Gasteiger partial charge in [0.1, 0.15) is 6.61 Å². The van der Waals surface area contributed by atoms with Crippen LogP contribution in [0.1, 0.15) is 27.2 Å². The normalized spacial score (nSPS) is 12.2. The fourth-order valence-corrected chi connectivity index (χ4v) is 3.09. The van der Waals surface area contributed by atoms with Gasteiger partial charge in [-0.05, 0) is 38.1 Å². The molecule has 1 aromatic rings. The van der Waals surface area contributed by atoms with E-state index in [1.165, 1.54) is 12.1 Å². The number of halogens is 1. The average molecular weight is 364 g/mol. The van der Waals surface area contributed by atoms with Crippen LogP contribution in [0.2, 0.25) is 0 Å². The Labute approximate surface area is 127 Å². The van der Waals surface area contributed by atoms with Crippen molar-refractivity contribution >= 4 is 31.9 Å². The first-order valence-corrected chi connectivity index (χ1v) is 8.39. The first kappa shape index (κ1) is 17.1. The van der Waals surface area contributed by atoms with E-state index in [1.807, 2.05) is 0 Å². The number of rotatable bonds is 6. The molecule has 1 rings (SSSR count). The maximum atomic E-state index is 12.2. The number of nitrogens with one attached hydrogen (secondary N) is 1. The van der Waals surface area contributed by atoms with Crippen molar-refractivity contribution in [2.45, 2.75) is 37.6 Å². The number of esters is 1. The van der Waals surface area contributed by atoms with Crippen molar-refractivity contribution in [1.29, 1.82) is 0 Å². The zero-order chi connectivity index (χ0) is 15.4. The molecule has 112 valence electrons. The summed E-state index contributed by atoms with van der Waals surface area (Å²) in [5.74, 6) is -0.360. The number of carbonyl (C=O) groups excluding carboxylic acids is 1. The van der Waals surface area contributed by atoms with E-state index in [9.17, 15) is 13.2 Å². The Morgan fingerprint density at radius 2 is 1.85 bits per heavy atom. The molecule has 0 aromatic heterocycles. The van der Waals surface area contributed by atoms with Crippen molar-refractivity contribution in [2.75, 3.05) is 6.61 Å². The van der Waals surface area contributed by atoms with E-state index in [2.05, 4.69) is 20.7 Å². The Balaban J connectivity index is 2.79. The Morgan fingerprint density at radius 1 is 1.30 bits per heavy atom. The molecule has 0 heterocycles. The minimum absolute atomic E-state index is 0.0184. The van der Waals surface area contributed by atoms with Crippen molar-refractivity contribution in [3.05, 3.63) is 28.7 Å². The number of sulfonamides is 1. The topological polar surface area (TPSA) is 72.5 Å². The second-order valence-electron chi connectivity index (χ2n) is 4.96. The Kier molecular flexibility index (Phi) is 5.73.